The molecule has 80 valence electrons. The fourth-order valence-electron chi connectivity index (χ4n) is 1.15. The monoisotopic (exact) mass is 232 g/mol. The van der Waals surface area contributed by atoms with Crippen LogP contribution in [-0.2, 0) is 5.88 Å². The number of halogens is 3. The van der Waals surface area contributed by atoms with Gasteiger partial charge in [0, 0.05) is 5.56 Å². The van der Waals surface area contributed by atoms with Gasteiger partial charge >= 0.3 is 0 Å². The Labute approximate surface area is 90.3 Å². The van der Waals surface area contributed by atoms with Crippen molar-refractivity contribution in [1.82, 2.24) is 4.98 Å². The second-order valence-corrected chi connectivity index (χ2v) is 2.88. The third-order valence-electron chi connectivity index (χ3n) is 1.85. The maximum Gasteiger partial charge on any atom is 0.280 e. The Kier molecular flexibility index (Phi) is 3.81. The summed E-state index contributed by atoms with van der Waals surface area (Å²) in [6.07, 6.45) is -1.66. The number of rotatable bonds is 3. The molecule has 0 aliphatic carbocycles. The van der Waals surface area contributed by atoms with Crippen molar-refractivity contribution in [3.05, 3.63) is 23.0 Å². The Morgan fingerprint density at radius 1 is 1.67 bits per heavy atom. The van der Waals surface area contributed by atoms with E-state index < -0.39 is 12.1 Å². The molecule has 6 heteroatoms. The average Bonchev–Trinajstić information content (AvgIpc) is 2.26. The molecule has 0 atom stereocenters. The predicted octanol–water partition coefficient (Wildman–Crippen LogP) is 2.64. The summed E-state index contributed by atoms with van der Waals surface area (Å²) in [5.41, 5.74) is -0.436. The Morgan fingerprint density at radius 3 is 2.73 bits per heavy atom. The molecule has 0 N–H and O–H groups in total. The van der Waals surface area contributed by atoms with Crippen LogP contribution in [0.25, 0.3) is 0 Å². The number of pyridine rings is 1. The van der Waals surface area contributed by atoms with E-state index in [1.54, 1.807) is 6.07 Å². The van der Waals surface area contributed by atoms with E-state index in [1.165, 1.54) is 7.11 Å². The quantitative estimate of drug-likeness (QED) is 0.753. The van der Waals surface area contributed by atoms with Crippen LogP contribution in [0.4, 0.5) is 8.78 Å². The van der Waals surface area contributed by atoms with Crippen molar-refractivity contribution in [2.75, 3.05) is 7.11 Å². The zero-order valence-electron chi connectivity index (χ0n) is 7.80. The van der Waals surface area contributed by atoms with E-state index >= 15 is 0 Å². The third kappa shape index (κ3) is 2.16. The number of nitriles is 1. The smallest absolute Gasteiger partial charge is 0.280 e. The highest BCUT2D eigenvalue weighted by atomic mass is 35.5. The first-order chi connectivity index (χ1) is 7.15. The van der Waals surface area contributed by atoms with Crippen molar-refractivity contribution in [2.24, 2.45) is 0 Å². The van der Waals surface area contributed by atoms with Crippen molar-refractivity contribution >= 4 is 11.6 Å². The first-order valence-electron chi connectivity index (χ1n) is 3.95. The second-order valence-electron chi connectivity index (χ2n) is 2.61. The maximum atomic E-state index is 12.5. The molecular formula is C9H7ClF2N2O. The van der Waals surface area contributed by atoms with Gasteiger partial charge in [0.2, 0.25) is 0 Å². The van der Waals surface area contributed by atoms with Crippen LogP contribution < -0.4 is 4.74 Å². The highest BCUT2D eigenvalue weighted by Gasteiger charge is 2.20. The first-order valence-corrected chi connectivity index (χ1v) is 4.49. The van der Waals surface area contributed by atoms with E-state index in [2.05, 4.69) is 4.98 Å². The lowest BCUT2D eigenvalue weighted by Crippen LogP contribution is -2.02. The van der Waals surface area contributed by atoms with Crippen LogP contribution in [0.15, 0.2) is 6.20 Å². The Hall–Kier alpha value is -1.41. The summed E-state index contributed by atoms with van der Waals surface area (Å²) in [6.45, 7) is 0. The summed E-state index contributed by atoms with van der Waals surface area (Å²) in [5.74, 6) is -0.0511. The van der Waals surface area contributed by atoms with Gasteiger partial charge in [-0.05, 0) is 0 Å². The van der Waals surface area contributed by atoms with Gasteiger partial charge in [-0.3, -0.25) is 4.98 Å². The molecule has 1 heterocycles. The topological polar surface area (TPSA) is 45.9 Å². The average molecular weight is 233 g/mol. The van der Waals surface area contributed by atoms with Gasteiger partial charge in [0.25, 0.3) is 6.43 Å². The second kappa shape index (κ2) is 4.89. The molecule has 0 amide bonds. The van der Waals surface area contributed by atoms with Crippen LogP contribution in [0.3, 0.4) is 0 Å². The van der Waals surface area contributed by atoms with Gasteiger partial charge in [0.1, 0.15) is 17.3 Å². The number of ether oxygens (including phenoxy) is 1. The van der Waals surface area contributed by atoms with Gasteiger partial charge < -0.3 is 4.74 Å². The minimum atomic E-state index is -2.75. The van der Waals surface area contributed by atoms with E-state index in [-0.39, 0.29) is 22.8 Å². The molecule has 0 radical (unpaired) electrons. The summed E-state index contributed by atoms with van der Waals surface area (Å²) in [6, 6.07) is 1.78. The van der Waals surface area contributed by atoms with Crippen LogP contribution in [0.2, 0.25) is 0 Å². The summed E-state index contributed by atoms with van der Waals surface area (Å²) in [7, 11) is 1.33. The van der Waals surface area contributed by atoms with Crippen LogP contribution in [0, 0.1) is 11.3 Å². The number of hydrogen-bond acceptors (Lipinski definition) is 3. The van der Waals surface area contributed by atoms with E-state index in [0.717, 1.165) is 6.20 Å². The molecule has 1 aromatic heterocycles. The van der Waals surface area contributed by atoms with E-state index in [1.807, 2.05) is 0 Å². The van der Waals surface area contributed by atoms with Crippen molar-refractivity contribution in [1.29, 1.82) is 5.26 Å². The van der Waals surface area contributed by atoms with Crippen molar-refractivity contribution < 1.29 is 13.5 Å². The zero-order chi connectivity index (χ0) is 11.4. The molecule has 15 heavy (non-hydrogen) atoms. The summed E-state index contributed by atoms with van der Waals surface area (Å²) < 4.78 is 29.8. The van der Waals surface area contributed by atoms with Crippen LogP contribution in [0.1, 0.15) is 23.2 Å². The van der Waals surface area contributed by atoms with E-state index in [0.29, 0.717) is 0 Å². The lowest BCUT2D eigenvalue weighted by molar-refractivity contribution is 0.145. The first kappa shape index (κ1) is 11.7. The molecule has 0 spiro atoms. The molecule has 0 fully saturated rings. The molecule has 3 nitrogen and oxygen atoms in total. The molecule has 0 unspecified atom stereocenters. The van der Waals surface area contributed by atoms with Crippen LogP contribution in [0.5, 0.6) is 5.75 Å². The molecule has 1 rings (SSSR count). The van der Waals surface area contributed by atoms with Crippen molar-refractivity contribution in [2.45, 2.75) is 12.3 Å². The summed E-state index contributed by atoms with van der Waals surface area (Å²) in [4.78, 5) is 3.52. The summed E-state index contributed by atoms with van der Waals surface area (Å²) >= 11 is 5.51. The molecule has 0 saturated carbocycles. The highest BCUT2D eigenvalue weighted by Crippen LogP contribution is 2.29. The highest BCUT2D eigenvalue weighted by molar-refractivity contribution is 6.17. The minimum absolute atomic E-state index is 0.0119. The molecule has 0 aliphatic rings. The molecule has 1 aromatic rings. The number of hydrogen-bond donors (Lipinski definition) is 0. The van der Waals surface area contributed by atoms with E-state index in [9.17, 15) is 8.78 Å². The molecule has 0 saturated heterocycles. The van der Waals surface area contributed by atoms with Gasteiger partial charge in [0.05, 0.1) is 19.2 Å². The maximum absolute atomic E-state index is 12.5. The lowest BCUT2D eigenvalue weighted by Gasteiger charge is -2.10. The van der Waals surface area contributed by atoms with Gasteiger partial charge in [-0.1, -0.05) is 0 Å². The number of nitrogens with zero attached hydrogens (tertiary/aromatic N) is 2. The Bertz CT molecular complexity index is 404. The SMILES string of the molecule is COc1cnc(C(F)F)c(CCl)c1C#N. The fraction of sp³-hybridized carbons (Fsp3) is 0.333. The zero-order valence-corrected chi connectivity index (χ0v) is 8.55. The third-order valence-corrected chi connectivity index (χ3v) is 2.12. The Morgan fingerprint density at radius 2 is 2.33 bits per heavy atom. The predicted molar refractivity (Wildman–Crippen MR) is 50.0 cm³/mol. The van der Waals surface area contributed by atoms with Crippen LogP contribution in [-0.4, -0.2) is 12.1 Å². The molecule has 0 aliphatic heterocycles. The lowest BCUT2D eigenvalue weighted by atomic mass is 10.1. The van der Waals surface area contributed by atoms with Crippen molar-refractivity contribution in [3.63, 3.8) is 0 Å². The summed E-state index contributed by atoms with van der Waals surface area (Å²) in [5, 5.41) is 8.81. The molecule has 0 bridgehead atoms. The molecule has 0 aromatic carbocycles. The van der Waals surface area contributed by atoms with Crippen molar-refractivity contribution in [3.8, 4) is 11.8 Å². The number of methoxy groups -OCH3 is 1. The standard InChI is InChI=1S/C9H7ClF2N2O/c1-15-7-4-14-8(9(11)12)5(2-10)6(7)3-13/h4,9H,2H2,1H3. The molecular weight excluding hydrogens is 226 g/mol. The minimum Gasteiger partial charge on any atom is -0.494 e. The fourth-order valence-corrected chi connectivity index (χ4v) is 1.42. The van der Waals surface area contributed by atoms with Gasteiger partial charge in [-0.15, -0.1) is 11.6 Å². The van der Waals surface area contributed by atoms with Gasteiger partial charge in [-0.25, -0.2) is 8.78 Å². The number of alkyl halides is 3. The largest absolute Gasteiger partial charge is 0.494 e. The van der Waals surface area contributed by atoms with Crippen LogP contribution >= 0.6 is 11.6 Å². The van der Waals surface area contributed by atoms with Gasteiger partial charge in [-0.2, -0.15) is 5.26 Å². The normalized spacial score (nSPS) is 10.1. The number of aromatic nitrogens is 1. The van der Waals surface area contributed by atoms with Gasteiger partial charge in [0.15, 0.2) is 5.75 Å². The van der Waals surface area contributed by atoms with E-state index in [4.69, 9.17) is 21.6 Å². The Balaban J connectivity index is 3.43.